The Kier molecular flexibility index (Phi) is 5.39. The van der Waals surface area contributed by atoms with Crippen molar-refractivity contribution in [2.45, 2.75) is 39.7 Å². The number of carbonyl (C=O) groups is 2. The van der Waals surface area contributed by atoms with Gasteiger partial charge in [-0.25, -0.2) is 4.79 Å². The Bertz CT molecular complexity index is 765. The van der Waals surface area contributed by atoms with Crippen LogP contribution < -0.4 is 5.32 Å². The zero-order valence-electron chi connectivity index (χ0n) is 14.5. The summed E-state index contributed by atoms with van der Waals surface area (Å²) in [7, 11) is 1.90. The molecular weight excluding hydrogens is 306 g/mol. The summed E-state index contributed by atoms with van der Waals surface area (Å²) in [4.78, 5) is 23.4. The average Bonchev–Trinajstić information content (AvgIpc) is 2.73. The molecule has 0 radical (unpaired) electrons. The molecule has 0 aliphatic rings. The predicted molar refractivity (Wildman–Crippen MR) is 91.1 cm³/mol. The first-order valence-electron chi connectivity index (χ1n) is 7.89. The third-order valence-electron chi connectivity index (χ3n) is 4.18. The fourth-order valence-corrected chi connectivity index (χ4v) is 2.85. The van der Waals surface area contributed by atoms with Gasteiger partial charge in [-0.1, -0.05) is 18.2 Å². The summed E-state index contributed by atoms with van der Waals surface area (Å²) < 4.78 is 1.84. The van der Waals surface area contributed by atoms with E-state index in [2.05, 4.69) is 10.4 Å². The van der Waals surface area contributed by atoms with Crippen molar-refractivity contribution in [1.82, 2.24) is 15.1 Å². The van der Waals surface area contributed by atoms with Crippen molar-refractivity contribution in [2.75, 3.05) is 0 Å². The number of nitrogens with zero attached hydrogens (tertiary/aromatic N) is 2. The minimum Gasteiger partial charge on any atom is -0.478 e. The van der Waals surface area contributed by atoms with Crippen LogP contribution >= 0.6 is 0 Å². The van der Waals surface area contributed by atoms with Gasteiger partial charge in [-0.05, 0) is 44.4 Å². The Morgan fingerprint density at radius 3 is 2.54 bits per heavy atom. The quantitative estimate of drug-likeness (QED) is 0.849. The normalized spacial score (nSPS) is 12.0. The van der Waals surface area contributed by atoms with Crippen LogP contribution in [0.4, 0.5) is 0 Å². The second-order valence-corrected chi connectivity index (χ2v) is 6.08. The lowest BCUT2D eigenvalue weighted by atomic mass is 10.0. The van der Waals surface area contributed by atoms with Gasteiger partial charge in [0.15, 0.2) is 0 Å². The van der Waals surface area contributed by atoms with Gasteiger partial charge in [-0.15, -0.1) is 0 Å². The van der Waals surface area contributed by atoms with E-state index < -0.39 is 5.97 Å². The summed E-state index contributed by atoms with van der Waals surface area (Å²) in [5.74, 6) is -1.21. The number of hydrogen-bond acceptors (Lipinski definition) is 3. The first-order valence-corrected chi connectivity index (χ1v) is 7.89. The van der Waals surface area contributed by atoms with E-state index in [9.17, 15) is 14.7 Å². The number of rotatable bonds is 6. The van der Waals surface area contributed by atoms with Gasteiger partial charge in [0.25, 0.3) is 0 Å². The standard InChI is InChI=1S/C18H23N3O3/c1-11(9-16-12(2)20-21(4)13(16)3)19-17(22)10-14-7-5-6-8-15(14)18(23)24/h5-8,11H,9-10H2,1-4H3,(H,19,22)(H,23,24). The van der Waals surface area contributed by atoms with E-state index in [1.807, 2.05) is 32.5 Å². The molecule has 1 unspecified atom stereocenters. The van der Waals surface area contributed by atoms with Crippen LogP contribution in [0.15, 0.2) is 24.3 Å². The minimum atomic E-state index is -1.02. The zero-order chi connectivity index (χ0) is 17.9. The van der Waals surface area contributed by atoms with E-state index in [0.717, 1.165) is 17.0 Å². The Morgan fingerprint density at radius 1 is 1.29 bits per heavy atom. The highest BCUT2D eigenvalue weighted by Crippen LogP contribution is 2.14. The number of aryl methyl sites for hydroxylation is 2. The lowest BCUT2D eigenvalue weighted by Gasteiger charge is -2.15. The van der Waals surface area contributed by atoms with Gasteiger partial charge in [0.1, 0.15) is 0 Å². The van der Waals surface area contributed by atoms with Crippen LogP contribution in [-0.4, -0.2) is 32.8 Å². The van der Waals surface area contributed by atoms with Gasteiger partial charge >= 0.3 is 5.97 Å². The molecule has 0 bridgehead atoms. The molecule has 6 nitrogen and oxygen atoms in total. The molecule has 2 N–H and O–H groups in total. The fourth-order valence-electron chi connectivity index (χ4n) is 2.85. The summed E-state index contributed by atoms with van der Waals surface area (Å²) >= 11 is 0. The smallest absolute Gasteiger partial charge is 0.335 e. The van der Waals surface area contributed by atoms with Crippen molar-refractivity contribution >= 4 is 11.9 Å². The van der Waals surface area contributed by atoms with Gasteiger partial charge < -0.3 is 10.4 Å². The van der Waals surface area contributed by atoms with Gasteiger partial charge in [-0.3, -0.25) is 9.48 Å². The summed E-state index contributed by atoms with van der Waals surface area (Å²) in [6, 6.07) is 6.51. The molecule has 1 heterocycles. The Balaban J connectivity index is 2.01. The number of carboxylic acids is 1. The molecule has 1 atom stereocenters. The highest BCUT2D eigenvalue weighted by atomic mass is 16.4. The number of hydrogen-bond donors (Lipinski definition) is 2. The Labute approximate surface area is 141 Å². The Hall–Kier alpha value is -2.63. The molecule has 0 saturated carbocycles. The third-order valence-corrected chi connectivity index (χ3v) is 4.18. The van der Waals surface area contributed by atoms with Crippen LogP contribution in [0.3, 0.4) is 0 Å². The maximum Gasteiger partial charge on any atom is 0.335 e. The Morgan fingerprint density at radius 2 is 1.96 bits per heavy atom. The topological polar surface area (TPSA) is 84.2 Å². The summed E-state index contributed by atoms with van der Waals surface area (Å²) in [5.41, 5.74) is 3.87. The second kappa shape index (κ2) is 7.29. The molecule has 6 heteroatoms. The SMILES string of the molecule is Cc1nn(C)c(C)c1CC(C)NC(=O)Cc1ccccc1C(=O)O. The molecular formula is C18H23N3O3. The molecule has 1 amide bonds. The summed E-state index contributed by atoms with van der Waals surface area (Å²) in [5, 5.41) is 16.5. The molecule has 0 spiro atoms. The van der Waals surface area contributed by atoms with Gasteiger partial charge in [0, 0.05) is 18.8 Å². The van der Waals surface area contributed by atoms with E-state index in [1.165, 1.54) is 6.07 Å². The monoisotopic (exact) mass is 329 g/mol. The third kappa shape index (κ3) is 4.01. The maximum atomic E-state index is 12.2. The molecule has 0 aliphatic heterocycles. The largest absolute Gasteiger partial charge is 0.478 e. The summed E-state index contributed by atoms with van der Waals surface area (Å²) in [6.45, 7) is 5.90. The van der Waals surface area contributed by atoms with E-state index in [0.29, 0.717) is 12.0 Å². The van der Waals surface area contributed by atoms with Crippen LogP contribution in [0.25, 0.3) is 0 Å². The minimum absolute atomic E-state index is 0.0534. The number of carbonyl (C=O) groups excluding carboxylic acids is 1. The number of amides is 1. The van der Waals surface area contributed by atoms with Crippen LogP contribution in [-0.2, 0) is 24.7 Å². The van der Waals surface area contributed by atoms with Crippen molar-refractivity contribution < 1.29 is 14.7 Å². The molecule has 2 rings (SSSR count). The van der Waals surface area contributed by atoms with Gasteiger partial charge in [0.2, 0.25) is 5.91 Å². The number of benzene rings is 1. The van der Waals surface area contributed by atoms with Gasteiger partial charge in [0.05, 0.1) is 17.7 Å². The van der Waals surface area contributed by atoms with Crippen LogP contribution in [0.1, 0.15) is 39.8 Å². The first-order chi connectivity index (χ1) is 11.3. The molecule has 1 aromatic carbocycles. The molecule has 1 aromatic heterocycles. The van der Waals surface area contributed by atoms with Crippen molar-refractivity contribution in [3.63, 3.8) is 0 Å². The van der Waals surface area contributed by atoms with E-state index >= 15 is 0 Å². The number of nitrogens with one attached hydrogen (secondary N) is 1. The fraction of sp³-hybridized carbons (Fsp3) is 0.389. The molecule has 0 aliphatic carbocycles. The second-order valence-electron chi connectivity index (χ2n) is 6.08. The lowest BCUT2D eigenvalue weighted by Crippen LogP contribution is -2.35. The molecule has 128 valence electrons. The average molecular weight is 329 g/mol. The van der Waals surface area contributed by atoms with E-state index in [4.69, 9.17) is 0 Å². The van der Waals surface area contributed by atoms with E-state index in [-0.39, 0.29) is 23.9 Å². The number of aromatic nitrogens is 2. The van der Waals surface area contributed by atoms with Crippen LogP contribution in [0.5, 0.6) is 0 Å². The highest BCUT2D eigenvalue weighted by Gasteiger charge is 2.16. The van der Waals surface area contributed by atoms with Crippen LogP contribution in [0, 0.1) is 13.8 Å². The maximum absolute atomic E-state index is 12.2. The molecule has 0 saturated heterocycles. The van der Waals surface area contributed by atoms with Gasteiger partial charge in [-0.2, -0.15) is 5.10 Å². The van der Waals surface area contributed by atoms with Crippen molar-refractivity contribution in [1.29, 1.82) is 0 Å². The summed E-state index contributed by atoms with van der Waals surface area (Å²) in [6.07, 6.45) is 0.746. The number of aromatic carboxylic acids is 1. The van der Waals surface area contributed by atoms with Crippen molar-refractivity contribution in [3.8, 4) is 0 Å². The highest BCUT2D eigenvalue weighted by molar-refractivity contribution is 5.91. The zero-order valence-corrected chi connectivity index (χ0v) is 14.5. The van der Waals surface area contributed by atoms with Crippen LogP contribution in [0.2, 0.25) is 0 Å². The molecule has 2 aromatic rings. The molecule has 24 heavy (non-hydrogen) atoms. The van der Waals surface area contributed by atoms with E-state index in [1.54, 1.807) is 18.2 Å². The first kappa shape index (κ1) is 17.7. The number of carboxylic acid groups (broad SMARTS) is 1. The lowest BCUT2D eigenvalue weighted by molar-refractivity contribution is -0.121. The molecule has 0 fully saturated rings. The van der Waals surface area contributed by atoms with Crippen molar-refractivity contribution in [3.05, 3.63) is 52.3 Å². The van der Waals surface area contributed by atoms with Crippen molar-refractivity contribution in [2.24, 2.45) is 7.05 Å². The predicted octanol–water partition coefficient (Wildman–Crippen LogP) is 2.03.